The Morgan fingerprint density at radius 1 is 1.17 bits per heavy atom. The van der Waals surface area contributed by atoms with Gasteiger partial charge in [-0.2, -0.15) is 0 Å². The van der Waals surface area contributed by atoms with Crippen molar-refractivity contribution < 1.29 is 28.2 Å². The van der Waals surface area contributed by atoms with E-state index in [2.05, 4.69) is 11.9 Å². The Balaban J connectivity index is 2.72. The van der Waals surface area contributed by atoms with E-state index in [-0.39, 0.29) is 12.5 Å². The van der Waals surface area contributed by atoms with Crippen molar-refractivity contribution in [2.45, 2.75) is 59.2 Å². The molecule has 0 aliphatic rings. The molecule has 2 unspecified atom stereocenters. The quantitative estimate of drug-likeness (QED) is 0.375. The number of alkyl halides is 1. The van der Waals surface area contributed by atoms with E-state index in [1.165, 1.54) is 0 Å². The number of carbonyl (C=O) groups excluding carboxylic acids is 2. The molecule has 162 valence electrons. The molecule has 0 aromatic heterocycles. The summed E-state index contributed by atoms with van der Waals surface area (Å²) in [5, 5.41) is 2.56. The highest BCUT2D eigenvalue weighted by Crippen LogP contribution is 2.19. The number of hydrogen-bond acceptors (Lipinski definition) is 5. The molecule has 0 saturated heterocycles. The van der Waals surface area contributed by atoms with Crippen molar-refractivity contribution in [3.63, 3.8) is 0 Å². The smallest absolute Gasteiger partial charge is 0.412 e. The van der Waals surface area contributed by atoms with Gasteiger partial charge < -0.3 is 14.2 Å². The molecule has 0 saturated carbocycles. The number of ether oxygens (including phenoxy) is 3. The summed E-state index contributed by atoms with van der Waals surface area (Å²) in [5.41, 5.74) is 0.948. The van der Waals surface area contributed by atoms with Gasteiger partial charge in [-0.1, -0.05) is 33.8 Å². The largest absolute Gasteiger partial charge is 0.488 e. The second-order valence-electron chi connectivity index (χ2n) is 7.30. The maximum Gasteiger partial charge on any atom is 0.412 e. The van der Waals surface area contributed by atoms with Crippen molar-refractivity contribution in [2.75, 3.05) is 18.6 Å². The molecule has 0 aliphatic carbocycles. The number of amides is 1. The van der Waals surface area contributed by atoms with E-state index in [4.69, 9.17) is 14.2 Å². The fraction of sp³-hybridized carbons (Fsp3) is 0.545. The van der Waals surface area contributed by atoms with E-state index in [1.54, 1.807) is 31.2 Å². The molecular formula is C22H32FNO5. The van der Waals surface area contributed by atoms with E-state index in [0.717, 1.165) is 12.8 Å². The zero-order chi connectivity index (χ0) is 21.8. The highest BCUT2D eigenvalue weighted by molar-refractivity contribution is 5.88. The lowest BCUT2D eigenvalue weighted by Gasteiger charge is -2.20. The zero-order valence-electron chi connectivity index (χ0n) is 17.7. The van der Waals surface area contributed by atoms with Crippen LogP contribution in [-0.2, 0) is 14.3 Å². The molecule has 1 rings (SSSR count). The zero-order valence-corrected chi connectivity index (χ0v) is 17.7. The van der Waals surface area contributed by atoms with Crippen LogP contribution >= 0.6 is 0 Å². The molecule has 1 N–H and O–H groups in total. The van der Waals surface area contributed by atoms with Gasteiger partial charge in [0.2, 0.25) is 6.10 Å². The average molecular weight is 409 g/mol. The Morgan fingerprint density at radius 2 is 1.83 bits per heavy atom. The number of carbonyl (C=O) groups is 2. The van der Waals surface area contributed by atoms with Crippen LogP contribution < -0.4 is 10.1 Å². The number of benzene rings is 1. The topological polar surface area (TPSA) is 73.9 Å². The third-order valence-corrected chi connectivity index (χ3v) is 3.88. The number of esters is 1. The highest BCUT2D eigenvalue weighted by atomic mass is 19.1. The molecule has 0 heterocycles. The fourth-order valence-electron chi connectivity index (χ4n) is 2.29. The predicted octanol–water partition coefficient (Wildman–Crippen LogP) is 5.29. The number of unbranched alkanes of at least 4 members (excludes halogenated alkanes) is 1. The number of anilines is 1. The van der Waals surface area contributed by atoms with E-state index < -0.39 is 30.9 Å². The Hall–Kier alpha value is -2.57. The first-order valence-electron chi connectivity index (χ1n) is 9.91. The van der Waals surface area contributed by atoms with Crippen LogP contribution in [0.25, 0.3) is 0 Å². The van der Waals surface area contributed by atoms with Gasteiger partial charge in [-0.3, -0.25) is 5.32 Å². The molecule has 0 bridgehead atoms. The summed E-state index contributed by atoms with van der Waals surface area (Å²) >= 11 is 0. The van der Waals surface area contributed by atoms with Gasteiger partial charge in [0, 0.05) is 5.69 Å². The second kappa shape index (κ2) is 12.8. The molecule has 1 aromatic carbocycles. The van der Waals surface area contributed by atoms with E-state index in [0.29, 0.717) is 23.4 Å². The van der Waals surface area contributed by atoms with E-state index in [1.807, 2.05) is 20.8 Å². The van der Waals surface area contributed by atoms with Crippen LogP contribution in [-0.4, -0.2) is 37.6 Å². The number of rotatable bonds is 12. The van der Waals surface area contributed by atoms with Crippen molar-refractivity contribution in [3.05, 3.63) is 36.4 Å². The van der Waals surface area contributed by atoms with Gasteiger partial charge in [0.05, 0.1) is 6.61 Å². The minimum absolute atomic E-state index is 0.165. The monoisotopic (exact) mass is 409 g/mol. The number of hydrogen-bond donors (Lipinski definition) is 1. The van der Waals surface area contributed by atoms with Crippen LogP contribution in [0.1, 0.15) is 47.0 Å². The van der Waals surface area contributed by atoms with Gasteiger partial charge in [0.25, 0.3) is 0 Å². The van der Waals surface area contributed by atoms with Crippen molar-refractivity contribution in [1.29, 1.82) is 0 Å². The van der Waals surface area contributed by atoms with Crippen LogP contribution in [0.5, 0.6) is 5.75 Å². The molecule has 29 heavy (non-hydrogen) atoms. The molecule has 1 amide bonds. The summed E-state index contributed by atoms with van der Waals surface area (Å²) in [5.74, 6) is 0.0224. The third-order valence-electron chi connectivity index (χ3n) is 3.88. The van der Waals surface area contributed by atoms with Crippen molar-refractivity contribution in [2.24, 2.45) is 5.92 Å². The van der Waals surface area contributed by atoms with Gasteiger partial charge in [0.1, 0.15) is 18.5 Å². The number of nitrogens with one attached hydrogen (secondary N) is 1. The minimum atomic E-state index is -1.16. The first-order chi connectivity index (χ1) is 13.8. The summed E-state index contributed by atoms with van der Waals surface area (Å²) in [4.78, 5) is 24.7. The van der Waals surface area contributed by atoms with Crippen LogP contribution in [0.2, 0.25) is 0 Å². The van der Waals surface area contributed by atoms with Crippen LogP contribution in [0.15, 0.2) is 36.4 Å². The van der Waals surface area contributed by atoms with Crippen molar-refractivity contribution >= 4 is 17.7 Å². The SMILES string of the molecule is C=C(CCCC)C(OC(=O)Nc1ccc(OC(C)CF)cc1)C(=O)OCC(C)C. The summed E-state index contributed by atoms with van der Waals surface area (Å²) < 4.78 is 28.4. The molecule has 0 spiro atoms. The molecule has 6 nitrogen and oxygen atoms in total. The van der Waals surface area contributed by atoms with E-state index in [9.17, 15) is 14.0 Å². The summed E-state index contributed by atoms with van der Waals surface area (Å²) in [6.45, 7) is 11.0. The molecule has 1 aromatic rings. The van der Waals surface area contributed by atoms with Gasteiger partial charge in [-0.05, 0) is 55.5 Å². The Kier molecular flexibility index (Phi) is 10.8. The Labute approximate surface area is 172 Å². The van der Waals surface area contributed by atoms with Gasteiger partial charge in [-0.15, -0.1) is 0 Å². The van der Waals surface area contributed by atoms with Gasteiger partial charge in [-0.25, -0.2) is 14.0 Å². The molecule has 7 heteroatoms. The maximum atomic E-state index is 12.5. The first kappa shape index (κ1) is 24.5. The summed E-state index contributed by atoms with van der Waals surface area (Å²) in [6, 6.07) is 6.41. The first-order valence-corrected chi connectivity index (χ1v) is 9.91. The normalized spacial score (nSPS) is 12.8. The van der Waals surface area contributed by atoms with Gasteiger partial charge in [0.15, 0.2) is 0 Å². The summed E-state index contributed by atoms with van der Waals surface area (Å²) in [7, 11) is 0. The molecule has 0 radical (unpaired) electrons. The minimum Gasteiger partial charge on any atom is -0.488 e. The molecule has 2 atom stereocenters. The summed E-state index contributed by atoms with van der Waals surface area (Å²) in [6.07, 6.45) is -0.187. The molecule has 0 aliphatic heterocycles. The lowest BCUT2D eigenvalue weighted by Crippen LogP contribution is -2.33. The fourth-order valence-corrected chi connectivity index (χ4v) is 2.29. The predicted molar refractivity (Wildman–Crippen MR) is 111 cm³/mol. The van der Waals surface area contributed by atoms with Crippen molar-refractivity contribution in [3.8, 4) is 5.75 Å². The average Bonchev–Trinajstić information content (AvgIpc) is 2.69. The maximum absolute atomic E-state index is 12.5. The third kappa shape index (κ3) is 9.45. The van der Waals surface area contributed by atoms with Crippen LogP contribution in [0, 0.1) is 5.92 Å². The molecule has 0 fully saturated rings. The Morgan fingerprint density at radius 3 is 2.38 bits per heavy atom. The van der Waals surface area contributed by atoms with Gasteiger partial charge >= 0.3 is 12.1 Å². The van der Waals surface area contributed by atoms with Crippen LogP contribution in [0.4, 0.5) is 14.9 Å². The highest BCUT2D eigenvalue weighted by Gasteiger charge is 2.27. The van der Waals surface area contributed by atoms with Crippen LogP contribution in [0.3, 0.4) is 0 Å². The standard InChI is InChI=1S/C22H32FNO5/c1-6-7-8-16(4)20(21(25)27-14-15(2)3)29-22(26)24-18-9-11-19(12-10-18)28-17(5)13-23/h9-12,15,17,20H,4,6-8,13-14H2,1-3,5H3,(H,24,26). The second-order valence-corrected chi connectivity index (χ2v) is 7.30. The Bertz CT molecular complexity index is 660. The lowest BCUT2D eigenvalue weighted by molar-refractivity contribution is -0.152. The number of halogens is 1. The van der Waals surface area contributed by atoms with E-state index >= 15 is 0 Å². The van der Waals surface area contributed by atoms with Crippen molar-refractivity contribution in [1.82, 2.24) is 0 Å². The lowest BCUT2D eigenvalue weighted by atomic mass is 10.1. The molecular weight excluding hydrogens is 377 g/mol.